The third kappa shape index (κ3) is 4.97. The van der Waals surface area contributed by atoms with Crippen molar-refractivity contribution in [3.05, 3.63) is 51.8 Å². The number of carbonyl (C=O) groups excluding carboxylic acids is 1. The molecule has 1 aromatic heterocycles. The van der Waals surface area contributed by atoms with Crippen LogP contribution in [0.25, 0.3) is 0 Å². The number of sulfonamides is 1. The minimum absolute atomic E-state index is 0.0390. The maximum absolute atomic E-state index is 12.7. The predicted octanol–water partition coefficient (Wildman–Crippen LogP) is 4.82. The van der Waals surface area contributed by atoms with Gasteiger partial charge in [0.2, 0.25) is 15.9 Å². The first-order valence-electron chi connectivity index (χ1n) is 7.52. The van der Waals surface area contributed by atoms with E-state index < -0.39 is 21.2 Å². The monoisotopic (exact) mass is 434 g/mol. The van der Waals surface area contributed by atoms with Crippen LogP contribution in [-0.4, -0.2) is 19.4 Å². The van der Waals surface area contributed by atoms with Gasteiger partial charge in [-0.2, -0.15) is 4.98 Å². The minimum Gasteiger partial charge on any atom is -0.406 e. The lowest BCUT2D eigenvalue weighted by atomic mass is 10.1. The number of benzene rings is 1. The van der Waals surface area contributed by atoms with Crippen molar-refractivity contribution >= 4 is 55.7 Å². The van der Waals surface area contributed by atoms with Crippen LogP contribution in [0, 0.1) is 0 Å². The fourth-order valence-corrected chi connectivity index (χ4v) is 5.08. The highest BCUT2D eigenvalue weighted by Crippen LogP contribution is 2.36. The molecular formula is C16H16Cl2N2O4S2. The smallest absolute Gasteiger partial charge is 0.312 e. The van der Waals surface area contributed by atoms with Gasteiger partial charge >= 0.3 is 5.97 Å². The Bertz CT molecular complexity index is 892. The fourth-order valence-electron chi connectivity index (χ4n) is 2.09. The zero-order chi connectivity index (χ0) is 19.3. The van der Waals surface area contributed by atoms with E-state index in [1.807, 2.05) is 6.92 Å². The van der Waals surface area contributed by atoms with Crippen LogP contribution in [0.3, 0.4) is 0 Å². The molecule has 0 amide bonds. The van der Waals surface area contributed by atoms with Gasteiger partial charge in [0, 0.05) is 22.0 Å². The molecular weight excluding hydrogens is 419 g/mol. The number of aromatic nitrogens is 1. The number of nitrogens with one attached hydrogen (secondary N) is 1. The maximum Gasteiger partial charge on any atom is 0.312 e. The molecule has 6 nitrogen and oxygen atoms in total. The Kier molecular flexibility index (Phi) is 7.05. The van der Waals surface area contributed by atoms with Crippen molar-refractivity contribution in [1.82, 2.24) is 4.98 Å². The molecule has 0 saturated heterocycles. The fraction of sp³-hybridized carbons (Fsp3) is 0.250. The van der Waals surface area contributed by atoms with E-state index in [0.717, 1.165) is 11.3 Å². The first kappa shape index (κ1) is 20.7. The number of thiazole rings is 1. The number of anilines is 1. The van der Waals surface area contributed by atoms with Crippen LogP contribution in [0.5, 0.6) is 5.88 Å². The second-order valence-electron chi connectivity index (χ2n) is 5.15. The molecule has 0 saturated carbocycles. The molecule has 0 fully saturated rings. The first-order chi connectivity index (χ1) is 12.3. The van der Waals surface area contributed by atoms with Crippen molar-refractivity contribution in [2.45, 2.75) is 25.0 Å². The van der Waals surface area contributed by atoms with Gasteiger partial charge in [0.15, 0.2) is 5.13 Å². The number of rotatable bonds is 8. The van der Waals surface area contributed by atoms with Crippen LogP contribution in [0.4, 0.5) is 5.13 Å². The molecule has 140 valence electrons. The summed E-state index contributed by atoms with van der Waals surface area (Å²) in [5, 5.41) is 0.733. The molecule has 1 N–H and O–H groups in total. The standard InChI is InChI=1S/C16H16Cl2N2O4S2/c1-3-6-14(21)24-13-9-25-16(19-13)20-26(22,23)12(4-2)15-10(17)7-5-8-11(15)18/h4-5,7-9,12H,2-3,6H2,1H3,(H,19,20). The number of halogens is 2. The molecule has 26 heavy (non-hydrogen) atoms. The molecule has 1 heterocycles. The van der Waals surface area contributed by atoms with E-state index in [0.29, 0.717) is 6.42 Å². The molecule has 1 aromatic carbocycles. The van der Waals surface area contributed by atoms with E-state index >= 15 is 0 Å². The summed E-state index contributed by atoms with van der Waals surface area (Å²) in [4.78, 5) is 15.4. The summed E-state index contributed by atoms with van der Waals surface area (Å²) in [6.07, 6.45) is 2.12. The Hall–Kier alpha value is -1.61. The van der Waals surface area contributed by atoms with E-state index in [4.69, 9.17) is 27.9 Å². The van der Waals surface area contributed by atoms with Crippen molar-refractivity contribution in [3.63, 3.8) is 0 Å². The van der Waals surface area contributed by atoms with Gasteiger partial charge in [0.25, 0.3) is 0 Å². The van der Waals surface area contributed by atoms with Gasteiger partial charge in [0.1, 0.15) is 5.25 Å². The highest BCUT2D eigenvalue weighted by atomic mass is 35.5. The van der Waals surface area contributed by atoms with Gasteiger partial charge in [-0.05, 0) is 18.6 Å². The Morgan fingerprint density at radius 3 is 2.65 bits per heavy atom. The number of carbonyl (C=O) groups is 1. The quantitative estimate of drug-likeness (QED) is 0.475. The average Bonchev–Trinajstić information content (AvgIpc) is 2.97. The molecule has 2 aromatic rings. The topological polar surface area (TPSA) is 85.4 Å². The molecule has 0 aliphatic heterocycles. The number of hydrogen-bond donors (Lipinski definition) is 1. The van der Waals surface area contributed by atoms with Crippen LogP contribution >= 0.6 is 34.5 Å². The molecule has 0 aliphatic rings. The van der Waals surface area contributed by atoms with Gasteiger partial charge in [0.05, 0.1) is 5.38 Å². The molecule has 1 atom stereocenters. The third-order valence-electron chi connectivity index (χ3n) is 3.22. The van der Waals surface area contributed by atoms with Crippen LogP contribution in [-0.2, 0) is 14.8 Å². The molecule has 0 spiro atoms. The van der Waals surface area contributed by atoms with Crippen LogP contribution in [0.1, 0.15) is 30.6 Å². The van der Waals surface area contributed by atoms with E-state index in [1.165, 1.54) is 11.5 Å². The Morgan fingerprint density at radius 1 is 1.42 bits per heavy atom. The maximum atomic E-state index is 12.7. The summed E-state index contributed by atoms with van der Waals surface area (Å²) in [6.45, 7) is 5.41. The highest BCUT2D eigenvalue weighted by molar-refractivity contribution is 7.93. The molecule has 1 unspecified atom stereocenters. The number of nitrogens with zero attached hydrogens (tertiary/aromatic N) is 1. The number of ether oxygens (including phenoxy) is 1. The van der Waals surface area contributed by atoms with Gasteiger partial charge in [-0.1, -0.05) is 42.3 Å². The van der Waals surface area contributed by atoms with Crippen molar-refractivity contribution in [2.24, 2.45) is 0 Å². The van der Waals surface area contributed by atoms with E-state index in [-0.39, 0.29) is 33.0 Å². The predicted molar refractivity (Wildman–Crippen MR) is 105 cm³/mol. The van der Waals surface area contributed by atoms with Crippen LogP contribution in [0.15, 0.2) is 36.2 Å². The Labute approximate surface area is 165 Å². The normalized spacial score (nSPS) is 12.4. The molecule has 0 aliphatic carbocycles. The van der Waals surface area contributed by atoms with Crippen molar-refractivity contribution in [3.8, 4) is 5.88 Å². The van der Waals surface area contributed by atoms with Gasteiger partial charge in [-0.3, -0.25) is 9.52 Å². The zero-order valence-corrected chi connectivity index (χ0v) is 16.9. The minimum atomic E-state index is -3.98. The molecule has 0 radical (unpaired) electrons. The summed E-state index contributed by atoms with van der Waals surface area (Å²) >= 11 is 13.2. The second kappa shape index (κ2) is 8.85. The average molecular weight is 435 g/mol. The van der Waals surface area contributed by atoms with Crippen LogP contribution in [0.2, 0.25) is 10.0 Å². The summed E-state index contributed by atoms with van der Waals surface area (Å²) in [5.41, 5.74) is 0.226. The number of esters is 1. The van der Waals surface area contributed by atoms with E-state index in [1.54, 1.807) is 18.2 Å². The molecule has 10 heteroatoms. The van der Waals surface area contributed by atoms with Crippen molar-refractivity contribution in [2.75, 3.05) is 4.72 Å². The lowest BCUT2D eigenvalue weighted by molar-refractivity contribution is -0.134. The first-order valence-corrected chi connectivity index (χ1v) is 10.7. The van der Waals surface area contributed by atoms with Gasteiger partial charge in [-0.25, -0.2) is 8.42 Å². The highest BCUT2D eigenvalue weighted by Gasteiger charge is 2.29. The largest absolute Gasteiger partial charge is 0.406 e. The Morgan fingerprint density at radius 2 is 2.08 bits per heavy atom. The Balaban J connectivity index is 2.23. The lowest BCUT2D eigenvalue weighted by Gasteiger charge is -2.17. The molecule has 2 rings (SSSR count). The third-order valence-corrected chi connectivity index (χ3v) is 6.32. The summed E-state index contributed by atoms with van der Waals surface area (Å²) in [7, 11) is -3.98. The number of hydrogen-bond acceptors (Lipinski definition) is 6. The van der Waals surface area contributed by atoms with Gasteiger partial charge < -0.3 is 4.74 Å². The van der Waals surface area contributed by atoms with E-state index in [9.17, 15) is 13.2 Å². The zero-order valence-electron chi connectivity index (χ0n) is 13.7. The summed E-state index contributed by atoms with van der Waals surface area (Å²) in [6, 6.07) is 4.71. The lowest BCUT2D eigenvalue weighted by Crippen LogP contribution is -2.20. The summed E-state index contributed by atoms with van der Waals surface area (Å²) in [5.74, 6) is -0.392. The van der Waals surface area contributed by atoms with Gasteiger partial charge in [-0.15, -0.1) is 17.9 Å². The second-order valence-corrected chi connectivity index (χ2v) is 8.63. The SMILES string of the molecule is C=CC(c1c(Cl)cccc1Cl)S(=O)(=O)Nc1nc(OC(=O)CCC)cs1. The summed E-state index contributed by atoms with van der Waals surface area (Å²) < 4.78 is 32.8. The van der Waals surface area contributed by atoms with Crippen molar-refractivity contribution < 1.29 is 17.9 Å². The van der Waals surface area contributed by atoms with Crippen molar-refractivity contribution in [1.29, 1.82) is 0 Å². The van der Waals surface area contributed by atoms with E-state index in [2.05, 4.69) is 16.3 Å². The van der Waals surface area contributed by atoms with Crippen LogP contribution < -0.4 is 9.46 Å². The molecule has 0 bridgehead atoms.